The number of hydroxylamine groups is 1. The third kappa shape index (κ3) is 5.62. The number of carbonyl (C=O) groups is 2. The Labute approximate surface area is 164 Å². The lowest BCUT2D eigenvalue weighted by molar-refractivity contribution is -0.134. The Hall–Kier alpha value is -3.73. The quantitative estimate of drug-likeness (QED) is 0.330. The fraction of sp³-hybridized carbons (Fsp3) is 0.211. The molecule has 1 aromatic heterocycles. The van der Waals surface area contributed by atoms with Gasteiger partial charge in [-0.05, 0) is 49.0 Å². The van der Waals surface area contributed by atoms with Crippen LogP contribution >= 0.6 is 0 Å². The van der Waals surface area contributed by atoms with Gasteiger partial charge in [-0.25, -0.2) is 14.3 Å². The number of aromatic nitrogens is 1. The molecule has 10 heteroatoms. The van der Waals surface area contributed by atoms with Gasteiger partial charge in [-0.1, -0.05) is 11.1 Å². The van der Waals surface area contributed by atoms with Crippen molar-refractivity contribution in [1.82, 2.24) is 16.0 Å². The molecule has 2 aromatic rings. The summed E-state index contributed by atoms with van der Waals surface area (Å²) < 4.78 is 31.0. The topological polar surface area (TPSA) is 130 Å². The number of amides is 2. The van der Waals surface area contributed by atoms with Crippen LogP contribution < -0.4 is 16.5 Å². The molecule has 150 valence electrons. The maximum Gasteiger partial charge on any atom is 0.268 e. The second kappa shape index (κ2) is 9.46. The van der Waals surface area contributed by atoms with E-state index >= 15 is 0 Å². The number of nitrogens with two attached hydrogens (primary N) is 1. The lowest BCUT2D eigenvalue weighted by Crippen LogP contribution is -2.66. The molecule has 0 fully saturated rings. The van der Waals surface area contributed by atoms with E-state index in [9.17, 15) is 18.4 Å². The van der Waals surface area contributed by atoms with Gasteiger partial charge in [-0.2, -0.15) is 0 Å². The summed E-state index contributed by atoms with van der Waals surface area (Å²) in [6.45, 7) is 0.885. The summed E-state index contributed by atoms with van der Waals surface area (Å²) in [6.07, 6.45) is -1.69. The van der Waals surface area contributed by atoms with Gasteiger partial charge in [0.2, 0.25) is 5.76 Å². The number of carbonyl (C=O) groups excluding carboxylic acids is 2. The third-order valence-corrected chi connectivity index (χ3v) is 3.78. The molecule has 1 aromatic carbocycles. The molecule has 5 N–H and O–H groups in total. The third-order valence-electron chi connectivity index (χ3n) is 3.78. The molecule has 2 amide bonds. The summed E-state index contributed by atoms with van der Waals surface area (Å²) in [6, 6.07) is 5.49. The van der Waals surface area contributed by atoms with Gasteiger partial charge in [0.15, 0.2) is 0 Å². The van der Waals surface area contributed by atoms with Gasteiger partial charge < -0.3 is 15.6 Å². The molecule has 0 saturated heterocycles. The van der Waals surface area contributed by atoms with Crippen LogP contribution in [0.25, 0.3) is 0 Å². The van der Waals surface area contributed by atoms with Crippen molar-refractivity contribution in [1.29, 1.82) is 0 Å². The zero-order valence-corrected chi connectivity index (χ0v) is 15.1. The molecule has 0 aliphatic heterocycles. The smallest absolute Gasteiger partial charge is 0.268 e. The maximum atomic E-state index is 13.1. The first-order chi connectivity index (χ1) is 13.8. The molecule has 0 aliphatic carbocycles. The first-order valence-electron chi connectivity index (χ1n) is 8.10. The van der Waals surface area contributed by atoms with Gasteiger partial charge in [-0.3, -0.25) is 14.8 Å². The molecule has 0 saturated carbocycles. The van der Waals surface area contributed by atoms with Crippen molar-refractivity contribution in [3.05, 3.63) is 53.4 Å². The van der Waals surface area contributed by atoms with Gasteiger partial charge in [0, 0.05) is 17.2 Å². The highest BCUT2D eigenvalue weighted by molar-refractivity contribution is 5.98. The van der Waals surface area contributed by atoms with E-state index in [1.54, 1.807) is 6.07 Å². The van der Waals surface area contributed by atoms with Crippen LogP contribution in [0.5, 0.6) is 0 Å². The minimum atomic E-state index is -3.14. The Morgan fingerprint density at radius 1 is 1.21 bits per heavy atom. The first-order valence-corrected chi connectivity index (χ1v) is 8.10. The van der Waals surface area contributed by atoms with Gasteiger partial charge >= 0.3 is 0 Å². The highest BCUT2D eigenvalue weighted by Gasteiger charge is 2.44. The van der Waals surface area contributed by atoms with E-state index in [1.165, 1.54) is 35.9 Å². The van der Waals surface area contributed by atoms with Crippen LogP contribution in [-0.4, -0.2) is 40.2 Å². The number of rotatable bonds is 5. The van der Waals surface area contributed by atoms with E-state index in [0.717, 1.165) is 6.92 Å². The monoisotopic (exact) mass is 402 g/mol. The fourth-order valence-electron chi connectivity index (χ4n) is 2.09. The van der Waals surface area contributed by atoms with Gasteiger partial charge in [0.1, 0.15) is 11.6 Å². The van der Waals surface area contributed by atoms with Crippen molar-refractivity contribution in [3.63, 3.8) is 0 Å². The van der Waals surface area contributed by atoms with Crippen molar-refractivity contribution in [2.24, 2.45) is 5.73 Å². The molecule has 2 atom stereocenters. The Bertz CT molecular complexity index is 981. The molecular weight excluding hydrogens is 386 g/mol. The Balaban J connectivity index is 2.10. The number of hydrogen-bond donors (Lipinski definition) is 4. The van der Waals surface area contributed by atoms with Crippen molar-refractivity contribution in [2.45, 2.75) is 24.9 Å². The molecule has 0 aliphatic rings. The second-order valence-electron chi connectivity index (χ2n) is 6.00. The molecule has 1 heterocycles. The Morgan fingerprint density at radius 3 is 2.41 bits per heavy atom. The largest absolute Gasteiger partial charge is 0.348 e. The lowest BCUT2D eigenvalue weighted by atomic mass is 9.92. The predicted octanol–water partition coefficient (Wildman–Crippen LogP) is 0.664. The van der Waals surface area contributed by atoms with Crippen LogP contribution in [0, 0.1) is 23.7 Å². The summed E-state index contributed by atoms with van der Waals surface area (Å²) in [5.74, 6) is 8.81. The van der Waals surface area contributed by atoms with Crippen LogP contribution in [0.4, 0.5) is 8.78 Å². The SMILES string of the molecule is CC(N)(C(F)F)C(NC(=O)c1ccc(C#CC#Cc2ccno2)cc1)C(=O)NO. The van der Waals surface area contributed by atoms with E-state index in [2.05, 4.69) is 34.2 Å². The zero-order chi connectivity index (χ0) is 21.4. The van der Waals surface area contributed by atoms with E-state index in [-0.39, 0.29) is 5.56 Å². The van der Waals surface area contributed by atoms with Crippen molar-refractivity contribution >= 4 is 11.8 Å². The van der Waals surface area contributed by atoms with Crippen molar-refractivity contribution in [3.8, 4) is 23.7 Å². The van der Waals surface area contributed by atoms with E-state index in [1.807, 2.05) is 0 Å². The molecule has 29 heavy (non-hydrogen) atoms. The van der Waals surface area contributed by atoms with Crippen LogP contribution in [0.2, 0.25) is 0 Å². The molecule has 2 rings (SSSR count). The summed E-state index contributed by atoms with van der Waals surface area (Å²) in [4.78, 5) is 24.0. The normalized spacial score (nSPS) is 13.2. The molecular formula is C19H16F2N4O4. The van der Waals surface area contributed by atoms with Gasteiger partial charge in [-0.15, -0.1) is 0 Å². The molecule has 0 radical (unpaired) electrons. The summed E-state index contributed by atoms with van der Waals surface area (Å²) in [5, 5.41) is 14.3. The Morgan fingerprint density at radius 2 is 1.86 bits per heavy atom. The molecule has 0 bridgehead atoms. The van der Waals surface area contributed by atoms with Crippen LogP contribution in [0.1, 0.15) is 28.6 Å². The number of benzene rings is 1. The number of hydrogen-bond acceptors (Lipinski definition) is 6. The molecule has 0 spiro atoms. The highest BCUT2D eigenvalue weighted by atomic mass is 19.3. The fourth-order valence-corrected chi connectivity index (χ4v) is 2.09. The minimum Gasteiger partial charge on any atom is -0.348 e. The number of halogens is 2. The molecule has 2 unspecified atom stereocenters. The predicted molar refractivity (Wildman–Crippen MR) is 96.5 cm³/mol. The van der Waals surface area contributed by atoms with Crippen molar-refractivity contribution < 1.29 is 28.1 Å². The summed E-state index contributed by atoms with van der Waals surface area (Å²) in [7, 11) is 0. The first kappa shape index (κ1) is 21.6. The zero-order valence-electron chi connectivity index (χ0n) is 15.1. The highest BCUT2D eigenvalue weighted by Crippen LogP contribution is 2.18. The van der Waals surface area contributed by atoms with Crippen LogP contribution in [0.3, 0.4) is 0 Å². The number of nitrogens with zero attached hydrogens (tertiary/aromatic N) is 1. The average Bonchev–Trinajstić information content (AvgIpc) is 3.22. The minimum absolute atomic E-state index is 0.0732. The lowest BCUT2D eigenvalue weighted by Gasteiger charge is -2.32. The van der Waals surface area contributed by atoms with E-state index in [4.69, 9.17) is 15.5 Å². The van der Waals surface area contributed by atoms with Gasteiger partial charge in [0.05, 0.1) is 6.20 Å². The van der Waals surface area contributed by atoms with Gasteiger partial charge in [0.25, 0.3) is 18.2 Å². The van der Waals surface area contributed by atoms with Crippen molar-refractivity contribution in [2.75, 3.05) is 0 Å². The maximum absolute atomic E-state index is 13.1. The molecule has 8 nitrogen and oxygen atoms in total. The van der Waals surface area contributed by atoms with E-state index < -0.39 is 29.8 Å². The second-order valence-corrected chi connectivity index (χ2v) is 6.00. The van der Waals surface area contributed by atoms with Crippen LogP contribution in [0.15, 0.2) is 41.1 Å². The average molecular weight is 402 g/mol. The number of nitrogens with one attached hydrogen (secondary N) is 2. The van der Waals surface area contributed by atoms with E-state index in [0.29, 0.717) is 11.3 Å². The Kier molecular flexibility index (Phi) is 7.04. The van der Waals surface area contributed by atoms with Crippen LogP contribution in [-0.2, 0) is 4.79 Å². The summed E-state index contributed by atoms with van der Waals surface area (Å²) in [5.41, 5.74) is 4.88. The number of alkyl halides is 2. The summed E-state index contributed by atoms with van der Waals surface area (Å²) >= 11 is 0. The standard InChI is InChI=1S/C19H16F2N4O4/c1-19(22,18(20)21)15(17(27)25-28)24-16(26)13-8-6-12(7-9-13)4-2-3-5-14-10-11-23-29-14/h6-11,15,18,28H,22H2,1H3,(H,24,26)(H,25,27).